The highest BCUT2D eigenvalue weighted by Crippen LogP contribution is 2.10. The van der Waals surface area contributed by atoms with Gasteiger partial charge >= 0.3 is 0 Å². The molecule has 11 heavy (non-hydrogen) atoms. The Balaban J connectivity index is -0.000000320. The van der Waals surface area contributed by atoms with Gasteiger partial charge < -0.3 is 0 Å². The second-order valence-corrected chi connectivity index (χ2v) is 3.72. The van der Waals surface area contributed by atoms with Gasteiger partial charge in [0.2, 0.25) is 0 Å². The van der Waals surface area contributed by atoms with Crippen molar-refractivity contribution in [2.45, 2.75) is 61.8 Å². The van der Waals surface area contributed by atoms with E-state index in [0.717, 1.165) is 11.8 Å². The van der Waals surface area contributed by atoms with Crippen molar-refractivity contribution in [2.75, 3.05) is 0 Å². The van der Waals surface area contributed by atoms with Crippen molar-refractivity contribution in [1.82, 2.24) is 0 Å². The molecule has 0 aliphatic carbocycles. The minimum Gasteiger partial charge on any atom is -0.0776 e. The van der Waals surface area contributed by atoms with Gasteiger partial charge in [0.05, 0.1) is 0 Å². The van der Waals surface area contributed by atoms with Crippen LogP contribution in [0.4, 0.5) is 0 Å². The summed E-state index contributed by atoms with van der Waals surface area (Å²) in [7, 11) is 0. The Morgan fingerprint density at radius 2 is 1.00 bits per heavy atom. The highest BCUT2D eigenvalue weighted by molar-refractivity contribution is 4.49. The average Bonchev–Trinajstić information content (AvgIpc) is 1.63. The normalized spacial score (nSPS) is 9.27. The first-order valence-corrected chi connectivity index (χ1v) is 4.13. The highest BCUT2D eigenvalue weighted by Gasteiger charge is 1.95. The largest absolute Gasteiger partial charge is 0.0776 e. The van der Waals surface area contributed by atoms with Crippen molar-refractivity contribution in [3.8, 4) is 0 Å². The van der Waals surface area contributed by atoms with E-state index >= 15 is 0 Å². The molecular weight excluding hydrogens is 132 g/mol. The van der Waals surface area contributed by atoms with E-state index in [2.05, 4.69) is 27.7 Å². The third-order valence-corrected chi connectivity index (χ3v) is 1.56. The van der Waals surface area contributed by atoms with E-state index in [4.69, 9.17) is 0 Å². The maximum atomic E-state index is 2.29. The van der Waals surface area contributed by atoms with Crippen LogP contribution in [0.25, 0.3) is 0 Å². The molecule has 0 aliphatic rings. The van der Waals surface area contributed by atoms with Crippen molar-refractivity contribution < 1.29 is 0 Å². The van der Waals surface area contributed by atoms with Crippen LogP contribution >= 0.6 is 0 Å². The molecule has 0 amide bonds. The Labute approximate surface area is 74.4 Å². The molecule has 0 aromatic rings. The van der Waals surface area contributed by atoms with Gasteiger partial charge in [-0.2, -0.15) is 0 Å². The van der Waals surface area contributed by atoms with Crippen LogP contribution in [0.15, 0.2) is 0 Å². The molecule has 0 saturated carbocycles. The van der Waals surface area contributed by atoms with Crippen LogP contribution in [0.2, 0.25) is 0 Å². The zero-order chi connectivity index (χ0) is 7.28. The van der Waals surface area contributed by atoms with E-state index in [9.17, 15) is 0 Å². The zero-order valence-corrected chi connectivity index (χ0v) is 7.28. The number of hydrogen-bond donors (Lipinski definition) is 0. The van der Waals surface area contributed by atoms with Crippen molar-refractivity contribution >= 4 is 0 Å². The smallest absolute Gasteiger partial charge is 0.0471 e. The van der Waals surface area contributed by atoms with Crippen LogP contribution in [0, 0.1) is 11.8 Å². The van der Waals surface area contributed by atoms with Crippen LogP contribution < -0.4 is 0 Å². The van der Waals surface area contributed by atoms with Gasteiger partial charge in [0.15, 0.2) is 0 Å². The van der Waals surface area contributed by atoms with E-state index in [1.54, 1.807) is 0 Å². The predicted octanol–water partition coefficient (Wildman–Crippen LogP) is 4.74. The molecule has 0 saturated heterocycles. The topological polar surface area (TPSA) is 0 Å². The summed E-state index contributed by atoms with van der Waals surface area (Å²) in [5.74, 6) is 1.78. The lowest BCUT2D eigenvalue weighted by Gasteiger charge is -2.05. The maximum Gasteiger partial charge on any atom is -0.0471 e. The van der Waals surface area contributed by atoms with Crippen LogP contribution in [-0.2, 0) is 0 Å². The monoisotopic (exact) mass is 160 g/mol. The quantitative estimate of drug-likeness (QED) is 0.557. The second kappa shape index (κ2) is 10.0. The molecule has 0 aromatic carbocycles. The third-order valence-electron chi connectivity index (χ3n) is 1.56. The van der Waals surface area contributed by atoms with Gasteiger partial charge in [-0.3, -0.25) is 0 Å². The Kier molecular flexibility index (Phi) is 15.6. The lowest BCUT2D eigenvalue weighted by Crippen LogP contribution is -1.90. The fourth-order valence-electron chi connectivity index (χ4n) is 0.934. The first kappa shape index (κ1) is 17.2. The summed E-state index contributed by atoms with van der Waals surface area (Å²) < 4.78 is 0. The summed E-state index contributed by atoms with van der Waals surface area (Å²) in [6.07, 6.45) is 4.21. The van der Waals surface area contributed by atoms with Crippen LogP contribution in [0.3, 0.4) is 0 Å². The molecule has 0 aliphatic heterocycles. The minimum atomic E-state index is 0. The molecule has 0 heterocycles. The first-order chi connectivity index (χ1) is 4.13. The molecule has 0 heteroatoms. The summed E-state index contributed by atoms with van der Waals surface area (Å²) in [6, 6.07) is 0. The average molecular weight is 160 g/mol. The molecule has 0 aromatic heterocycles. The molecule has 0 radical (unpaired) electrons. The van der Waals surface area contributed by atoms with Crippen molar-refractivity contribution in [1.29, 1.82) is 0 Å². The summed E-state index contributed by atoms with van der Waals surface area (Å²) in [4.78, 5) is 0. The fraction of sp³-hybridized carbons (Fsp3) is 1.00. The SMILES string of the molecule is C.C.CC(C)CCCC(C)C. The molecule has 0 atom stereocenters. The van der Waals surface area contributed by atoms with E-state index in [1.807, 2.05) is 0 Å². The van der Waals surface area contributed by atoms with E-state index in [-0.39, 0.29) is 14.9 Å². The molecule has 0 bridgehead atoms. The Bertz CT molecular complexity index is 45.1. The summed E-state index contributed by atoms with van der Waals surface area (Å²) in [5.41, 5.74) is 0. The zero-order valence-electron chi connectivity index (χ0n) is 7.28. The minimum absolute atomic E-state index is 0. The molecular formula is C11H28. The highest BCUT2D eigenvalue weighted by atomic mass is 14.0. The maximum absolute atomic E-state index is 2.29. The molecule has 0 nitrogen and oxygen atoms in total. The molecule has 0 rings (SSSR count). The van der Waals surface area contributed by atoms with Gasteiger partial charge in [0.25, 0.3) is 0 Å². The van der Waals surface area contributed by atoms with Gasteiger partial charge in [-0.15, -0.1) is 0 Å². The molecule has 0 unspecified atom stereocenters. The Morgan fingerprint density at radius 1 is 0.727 bits per heavy atom. The molecule has 72 valence electrons. The summed E-state index contributed by atoms with van der Waals surface area (Å²) in [6.45, 7) is 9.17. The van der Waals surface area contributed by atoms with Crippen molar-refractivity contribution in [3.05, 3.63) is 0 Å². The van der Waals surface area contributed by atoms with Crippen LogP contribution in [0.1, 0.15) is 61.8 Å². The second-order valence-electron chi connectivity index (χ2n) is 3.72. The van der Waals surface area contributed by atoms with Gasteiger partial charge in [-0.1, -0.05) is 61.8 Å². The summed E-state index contributed by atoms with van der Waals surface area (Å²) in [5, 5.41) is 0. The lowest BCUT2D eigenvalue weighted by atomic mass is 10.0. The number of rotatable bonds is 4. The fourth-order valence-corrected chi connectivity index (χ4v) is 0.934. The predicted molar refractivity (Wildman–Crippen MR) is 57.0 cm³/mol. The standard InChI is InChI=1S/C9H20.2CH4/c1-8(2)6-5-7-9(3)4;;/h8-9H,5-7H2,1-4H3;2*1H4. The number of hydrogen-bond acceptors (Lipinski definition) is 0. The van der Waals surface area contributed by atoms with Crippen molar-refractivity contribution in [3.63, 3.8) is 0 Å². The van der Waals surface area contributed by atoms with E-state index in [0.29, 0.717) is 0 Å². The Hall–Kier alpha value is 0. The van der Waals surface area contributed by atoms with E-state index in [1.165, 1.54) is 19.3 Å². The van der Waals surface area contributed by atoms with Crippen LogP contribution in [-0.4, -0.2) is 0 Å². The third kappa shape index (κ3) is 17.8. The first-order valence-electron chi connectivity index (χ1n) is 4.13. The van der Waals surface area contributed by atoms with Crippen LogP contribution in [0.5, 0.6) is 0 Å². The van der Waals surface area contributed by atoms with Crippen molar-refractivity contribution in [2.24, 2.45) is 11.8 Å². The summed E-state index contributed by atoms with van der Waals surface area (Å²) >= 11 is 0. The van der Waals surface area contributed by atoms with E-state index < -0.39 is 0 Å². The molecule has 0 N–H and O–H groups in total. The molecule has 0 fully saturated rings. The molecule has 0 spiro atoms. The Morgan fingerprint density at radius 3 is 1.18 bits per heavy atom. The van der Waals surface area contributed by atoms with Gasteiger partial charge in [0.1, 0.15) is 0 Å². The van der Waals surface area contributed by atoms with Gasteiger partial charge in [-0.05, 0) is 11.8 Å². The lowest BCUT2D eigenvalue weighted by molar-refractivity contribution is 0.480. The van der Waals surface area contributed by atoms with Gasteiger partial charge in [0, 0.05) is 0 Å². The van der Waals surface area contributed by atoms with Gasteiger partial charge in [-0.25, -0.2) is 0 Å².